The van der Waals surface area contributed by atoms with Crippen molar-refractivity contribution in [3.63, 3.8) is 0 Å². The van der Waals surface area contributed by atoms with Crippen molar-refractivity contribution in [2.75, 3.05) is 31.9 Å². The molecule has 0 aliphatic carbocycles. The summed E-state index contributed by atoms with van der Waals surface area (Å²) in [6.07, 6.45) is 13.0. The molecule has 184 valence electrons. The van der Waals surface area contributed by atoms with Crippen LogP contribution < -0.4 is 4.72 Å². The third-order valence-electron chi connectivity index (χ3n) is 5.90. The number of carboxylic acid groups (broad SMARTS) is 1. The molecule has 0 saturated carbocycles. The minimum atomic E-state index is -3.34. The maximum atomic E-state index is 13.1. The topological polar surface area (TPSA) is 86.7 Å². The number of halogens is 2. The van der Waals surface area contributed by atoms with E-state index in [1.807, 2.05) is 0 Å². The highest BCUT2D eigenvalue weighted by Crippen LogP contribution is 2.27. The van der Waals surface area contributed by atoms with E-state index < -0.39 is 21.9 Å². The van der Waals surface area contributed by atoms with E-state index in [1.165, 1.54) is 38.5 Å². The van der Waals surface area contributed by atoms with Gasteiger partial charge in [0.2, 0.25) is 10.0 Å². The van der Waals surface area contributed by atoms with E-state index in [2.05, 4.69) is 4.72 Å². The Morgan fingerprint density at radius 3 is 1.77 bits per heavy atom. The molecule has 1 fully saturated rings. The zero-order chi connectivity index (χ0) is 23.0. The van der Waals surface area contributed by atoms with Crippen LogP contribution in [-0.2, 0) is 14.8 Å². The summed E-state index contributed by atoms with van der Waals surface area (Å²) in [5.74, 6) is -3.34. The second-order valence-corrected chi connectivity index (χ2v) is 10.7. The van der Waals surface area contributed by atoms with Crippen LogP contribution in [0.2, 0.25) is 0 Å². The molecular formula is C22H42F2N2O4S. The van der Waals surface area contributed by atoms with Crippen molar-refractivity contribution in [2.45, 2.75) is 102 Å². The fraction of sp³-hybridized carbons (Fsp3) is 0.955. The molecule has 1 heterocycles. The number of hydrogen-bond donors (Lipinski definition) is 2. The highest BCUT2D eigenvalue weighted by atomic mass is 32.2. The standard InChI is InChI=1S/C22H42F2N2O4S/c23-22(24)14-17-26(18-15-22)19-20-31(29,30)25-16-12-10-8-6-4-2-1-3-5-7-9-11-13-21(27)28/h25H,1-20H2,(H,27,28). The van der Waals surface area contributed by atoms with Crippen LogP contribution in [-0.4, -0.2) is 62.2 Å². The molecule has 0 aromatic rings. The van der Waals surface area contributed by atoms with Gasteiger partial charge in [-0.1, -0.05) is 64.2 Å². The van der Waals surface area contributed by atoms with Crippen molar-refractivity contribution in [3.8, 4) is 0 Å². The number of unbranched alkanes of at least 4 members (excludes halogenated alkanes) is 11. The van der Waals surface area contributed by atoms with E-state index >= 15 is 0 Å². The molecule has 0 amide bonds. The average Bonchev–Trinajstić information content (AvgIpc) is 2.70. The molecule has 0 aromatic heterocycles. The first-order valence-electron chi connectivity index (χ1n) is 12.0. The number of hydrogen-bond acceptors (Lipinski definition) is 4. The van der Waals surface area contributed by atoms with Crippen molar-refractivity contribution >= 4 is 16.0 Å². The summed E-state index contributed by atoms with van der Waals surface area (Å²) in [5.41, 5.74) is 0. The van der Waals surface area contributed by atoms with E-state index in [9.17, 15) is 22.0 Å². The van der Waals surface area contributed by atoms with E-state index in [1.54, 1.807) is 4.90 Å². The molecule has 31 heavy (non-hydrogen) atoms. The monoisotopic (exact) mass is 468 g/mol. The Hall–Kier alpha value is -0.800. The number of carbonyl (C=O) groups is 1. The summed E-state index contributed by atoms with van der Waals surface area (Å²) in [7, 11) is -3.34. The molecule has 0 aromatic carbocycles. The number of carboxylic acids is 1. The number of likely N-dealkylation sites (tertiary alicyclic amines) is 1. The van der Waals surface area contributed by atoms with Crippen LogP contribution in [0.1, 0.15) is 96.3 Å². The van der Waals surface area contributed by atoms with Crippen LogP contribution in [0.5, 0.6) is 0 Å². The molecule has 0 bridgehead atoms. The lowest BCUT2D eigenvalue weighted by Crippen LogP contribution is -2.42. The lowest BCUT2D eigenvalue weighted by atomic mass is 10.0. The largest absolute Gasteiger partial charge is 0.481 e. The first kappa shape index (κ1) is 28.2. The quantitative estimate of drug-likeness (QED) is 0.266. The predicted molar refractivity (Wildman–Crippen MR) is 120 cm³/mol. The Bertz CT molecular complexity index is 578. The zero-order valence-electron chi connectivity index (χ0n) is 18.9. The second kappa shape index (κ2) is 15.9. The molecule has 0 radical (unpaired) electrons. The normalized spacial score (nSPS) is 17.1. The summed E-state index contributed by atoms with van der Waals surface area (Å²) in [5, 5.41) is 8.57. The smallest absolute Gasteiger partial charge is 0.303 e. The van der Waals surface area contributed by atoms with Gasteiger partial charge in [-0.2, -0.15) is 0 Å². The van der Waals surface area contributed by atoms with Crippen LogP contribution in [0.4, 0.5) is 8.78 Å². The minimum Gasteiger partial charge on any atom is -0.481 e. The molecule has 0 atom stereocenters. The van der Waals surface area contributed by atoms with E-state index in [-0.39, 0.29) is 38.1 Å². The molecule has 1 rings (SSSR count). The van der Waals surface area contributed by atoms with Gasteiger partial charge < -0.3 is 10.0 Å². The van der Waals surface area contributed by atoms with Gasteiger partial charge in [-0.25, -0.2) is 21.9 Å². The number of aliphatic carboxylic acids is 1. The van der Waals surface area contributed by atoms with Crippen molar-refractivity contribution < 1.29 is 27.1 Å². The summed E-state index contributed by atoms with van der Waals surface area (Å²) >= 11 is 0. The maximum absolute atomic E-state index is 13.1. The molecule has 1 aliphatic rings. The maximum Gasteiger partial charge on any atom is 0.303 e. The van der Waals surface area contributed by atoms with Gasteiger partial charge in [-0.3, -0.25) is 4.79 Å². The lowest BCUT2D eigenvalue weighted by molar-refractivity contribution is -0.137. The van der Waals surface area contributed by atoms with Crippen molar-refractivity contribution in [1.82, 2.24) is 9.62 Å². The van der Waals surface area contributed by atoms with Crippen LogP contribution in [0.15, 0.2) is 0 Å². The summed E-state index contributed by atoms with van der Waals surface area (Å²) in [6, 6.07) is 0. The van der Waals surface area contributed by atoms with E-state index in [4.69, 9.17) is 5.11 Å². The number of sulfonamides is 1. The Labute approximate surface area is 187 Å². The molecule has 1 aliphatic heterocycles. The molecule has 0 spiro atoms. The minimum absolute atomic E-state index is 0.0296. The third-order valence-corrected chi connectivity index (χ3v) is 7.27. The van der Waals surface area contributed by atoms with E-state index in [0.29, 0.717) is 13.1 Å². The van der Waals surface area contributed by atoms with E-state index in [0.717, 1.165) is 38.5 Å². The SMILES string of the molecule is O=C(O)CCCCCCCCCCCCCCNS(=O)(=O)CCN1CCC(F)(F)CC1. The Morgan fingerprint density at radius 1 is 0.839 bits per heavy atom. The van der Waals surface area contributed by atoms with Crippen molar-refractivity contribution in [2.24, 2.45) is 0 Å². The summed E-state index contributed by atoms with van der Waals surface area (Å²) < 4.78 is 52.9. The third kappa shape index (κ3) is 16.5. The molecule has 1 saturated heterocycles. The van der Waals surface area contributed by atoms with Gasteiger partial charge in [0.15, 0.2) is 0 Å². The predicted octanol–water partition coefficient (Wildman–Crippen LogP) is 4.79. The second-order valence-electron chi connectivity index (χ2n) is 8.80. The lowest BCUT2D eigenvalue weighted by Gasteiger charge is -2.31. The summed E-state index contributed by atoms with van der Waals surface area (Å²) in [6.45, 7) is 1.28. The van der Waals surface area contributed by atoms with Crippen LogP contribution >= 0.6 is 0 Å². The van der Waals surface area contributed by atoms with Gasteiger partial charge in [0.05, 0.1) is 5.75 Å². The Morgan fingerprint density at radius 2 is 1.29 bits per heavy atom. The number of nitrogens with one attached hydrogen (secondary N) is 1. The van der Waals surface area contributed by atoms with Gasteiger partial charge in [-0.15, -0.1) is 0 Å². The number of piperidine rings is 1. The molecule has 9 heteroatoms. The van der Waals surface area contributed by atoms with Gasteiger partial charge in [0.25, 0.3) is 5.92 Å². The van der Waals surface area contributed by atoms with Crippen molar-refractivity contribution in [1.29, 1.82) is 0 Å². The van der Waals surface area contributed by atoms with Gasteiger partial charge >= 0.3 is 5.97 Å². The summed E-state index contributed by atoms with van der Waals surface area (Å²) in [4.78, 5) is 12.2. The first-order chi connectivity index (χ1) is 14.7. The van der Waals surface area contributed by atoms with Crippen molar-refractivity contribution in [3.05, 3.63) is 0 Å². The fourth-order valence-electron chi connectivity index (χ4n) is 3.82. The zero-order valence-corrected chi connectivity index (χ0v) is 19.7. The molecule has 2 N–H and O–H groups in total. The van der Waals surface area contributed by atoms with Gasteiger partial charge in [0, 0.05) is 45.4 Å². The molecular weight excluding hydrogens is 426 g/mol. The Kier molecular flexibility index (Phi) is 14.5. The highest BCUT2D eigenvalue weighted by Gasteiger charge is 2.34. The number of alkyl halides is 2. The Balaban J connectivity index is 1.86. The van der Waals surface area contributed by atoms with Crippen LogP contribution in [0.25, 0.3) is 0 Å². The highest BCUT2D eigenvalue weighted by molar-refractivity contribution is 7.89. The fourth-order valence-corrected chi connectivity index (χ4v) is 4.92. The molecule has 0 unspecified atom stereocenters. The average molecular weight is 469 g/mol. The van der Waals surface area contributed by atoms with Gasteiger partial charge in [0.1, 0.15) is 0 Å². The first-order valence-corrected chi connectivity index (χ1v) is 13.6. The van der Waals surface area contributed by atoms with Crippen LogP contribution in [0.3, 0.4) is 0 Å². The number of rotatable bonds is 19. The van der Waals surface area contributed by atoms with Crippen LogP contribution in [0, 0.1) is 0 Å². The molecule has 6 nitrogen and oxygen atoms in total. The van der Waals surface area contributed by atoms with Gasteiger partial charge in [-0.05, 0) is 12.8 Å². The number of nitrogens with zero attached hydrogens (tertiary/aromatic N) is 1.